The molecular formula is C35H43ClN2O6. The molecule has 236 valence electrons. The van der Waals surface area contributed by atoms with E-state index in [-0.39, 0.29) is 30.6 Å². The van der Waals surface area contributed by atoms with E-state index in [2.05, 4.69) is 16.7 Å². The second-order valence-corrected chi connectivity index (χ2v) is 13.5. The van der Waals surface area contributed by atoms with E-state index < -0.39 is 16.4 Å². The summed E-state index contributed by atoms with van der Waals surface area (Å²) in [6, 6.07) is 11.9. The number of carbonyl (C=O) groups excluding carboxylic acids is 2. The van der Waals surface area contributed by atoms with Gasteiger partial charge in [0, 0.05) is 35.0 Å². The number of benzene rings is 2. The third-order valence-corrected chi connectivity index (χ3v) is 7.83. The molecule has 0 saturated heterocycles. The lowest BCUT2D eigenvalue weighted by Crippen LogP contribution is -2.75. The number of ether oxygens (including phenoxy) is 3. The van der Waals surface area contributed by atoms with Crippen molar-refractivity contribution in [3.8, 4) is 17.6 Å². The van der Waals surface area contributed by atoms with E-state index in [0.717, 1.165) is 18.4 Å². The Hall–Kier alpha value is -3.56. The molecular weight excluding hydrogens is 580 g/mol. The first-order valence-corrected chi connectivity index (χ1v) is 15.1. The van der Waals surface area contributed by atoms with Crippen LogP contribution in [0.25, 0.3) is 4.85 Å². The number of hydrogen-bond donors (Lipinski definition) is 0. The van der Waals surface area contributed by atoms with E-state index in [1.54, 1.807) is 30.3 Å². The van der Waals surface area contributed by atoms with E-state index in [1.165, 1.54) is 12.2 Å². The van der Waals surface area contributed by atoms with E-state index in [0.29, 0.717) is 35.1 Å². The molecule has 1 aliphatic carbocycles. The molecule has 1 amide bonds. The molecule has 0 aromatic heterocycles. The Bertz CT molecular complexity index is 1410. The molecule has 3 rings (SSSR count). The maximum Gasteiger partial charge on any atom is 0.332 e. The lowest BCUT2D eigenvalue weighted by Gasteiger charge is -2.64. The van der Waals surface area contributed by atoms with Gasteiger partial charge < -0.3 is 14.2 Å². The van der Waals surface area contributed by atoms with E-state index in [9.17, 15) is 9.59 Å². The van der Waals surface area contributed by atoms with Crippen molar-refractivity contribution in [2.24, 2.45) is 10.8 Å². The van der Waals surface area contributed by atoms with Crippen LogP contribution in [0.2, 0.25) is 5.02 Å². The van der Waals surface area contributed by atoms with Crippen molar-refractivity contribution in [2.75, 3.05) is 20.3 Å². The van der Waals surface area contributed by atoms with Crippen molar-refractivity contribution in [1.82, 2.24) is 5.06 Å². The van der Waals surface area contributed by atoms with Gasteiger partial charge >= 0.3 is 5.97 Å². The Balaban J connectivity index is 1.54. The van der Waals surface area contributed by atoms with Gasteiger partial charge in [0.2, 0.25) is 5.69 Å². The molecule has 2 aromatic carbocycles. The van der Waals surface area contributed by atoms with Crippen molar-refractivity contribution in [1.29, 1.82) is 0 Å². The molecule has 0 unspecified atom stereocenters. The molecule has 0 aliphatic heterocycles. The maximum absolute atomic E-state index is 13.6. The molecule has 1 saturated carbocycles. The first kappa shape index (κ1) is 34.9. The van der Waals surface area contributed by atoms with Crippen molar-refractivity contribution >= 4 is 29.2 Å². The normalized spacial score (nSPS) is 18.2. The number of hydrogen-bond acceptors (Lipinski definition) is 6. The summed E-state index contributed by atoms with van der Waals surface area (Å²) < 4.78 is 17.0. The van der Waals surface area contributed by atoms with E-state index in [1.807, 2.05) is 60.6 Å². The van der Waals surface area contributed by atoms with Crippen LogP contribution in [0.4, 0.5) is 5.69 Å². The highest BCUT2D eigenvalue weighted by Crippen LogP contribution is 2.58. The van der Waals surface area contributed by atoms with Gasteiger partial charge in [0.1, 0.15) is 24.1 Å². The second-order valence-electron chi connectivity index (χ2n) is 13.1. The number of carbonyl (C=O) groups is 2. The molecule has 0 spiro atoms. The Kier molecular flexibility index (Phi) is 11.5. The highest BCUT2D eigenvalue weighted by Gasteiger charge is 2.67. The summed E-state index contributed by atoms with van der Waals surface area (Å²) in [6.45, 7) is 21.3. The maximum atomic E-state index is 13.6. The average molecular weight is 623 g/mol. The van der Waals surface area contributed by atoms with Gasteiger partial charge in [0.15, 0.2) is 0 Å². The zero-order valence-electron chi connectivity index (χ0n) is 27.0. The SMILES string of the molecule is [C-]#[N+]c1ccc(OC2C(C)(C)C(N(OC)C(=O)c3ccc(C#CCCCCOCC(=O)OC(C)(C)C)cc3)C2(C)C)cc1Cl. The van der Waals surface area contributed by atoms with Crippen molar-refractivity contribution in [2.45, 2.75) is 85.5 Å². The molecule has 1 aliphatic rings. The number of amides is 1. The highest BCUT2D eigenvalue weighted by atomic mass is 35.5. The summed E-state index contributed by atoms with van der Waals surface area (Å²) in [5.74, 6) is 6.26. The van der Waals surface area contributed by atoms with Gasteiger partial charge in [-0.1, -0.05) is 57.2 Å². The lowest BCUT2D eigenvalue weighted by atomic mass is 9.49. The summed E-state index contributed by atoms with van der Waals surface area (Å²) in [5.41, 5.74) is 0.262. The van der Waals surface area contributed by atoms with Gasteiger partial charge in [0.25, 0.3) is 5.91 Å². The smallest absolute Gasteiger partial charge is 0.332 e. The average Bonchev–Trinajstić information content (AvgIpc) is 2.94. The minimum atomic E-state index is -0.514. The molecule has 0 radical (unpaired) electrons. The standard InChI is InChI=1S/C35H43ClN2O6/c1-33(2,3)44-29(39)23-42-21-13-11-10-12-14-24-15-17-25(18-16-24)30(40)38(41-9)31-34(4,5)32(35(31,6)7)43-26-19-20-28(37-8)27(36)22-26/h15-20,22,31-32H,10-11,13,21,23H2,1-7,9H3. The predicted octanol–water partition coefficient (Wildman–Crippen LogP) is 7.66. The summed E-state index contributed by atoms with van der Waals surface area (Å²) >= 11 is 6.23. The molecule has 0 heterocycles. The van der Waals surface area contributed by atoms with Crippen molar-refractivity contribution in [3.63, 3.8) is 0 Å². The molecule has 2 aromatic rings. The lowest BCUT2D eigenvalue weighted by molar-refractivity contribution is -0.273. The van der Waals surface area contributed by atoms with Crippen molar-refractivity contribution < 1.29 is 28.6 Å². The molecule has 9 heteroatoms. The fourth-order valence-corrected chi connectivity index (χ4v) is 6.25. The number of esters is 1. The molecule has 0 bridgehead atoms. The molecule has 1 fully saturated rings. The number of hydroxylamine groups is 2. The van der Waals surface area contributed by atoms with Gasteiger partial charge in [-0.2, -0.15) is 0 Å². The van der Waals surface area contributed by atoms with Crippen LogP contribution in [-0.4, -0.2) is 55.0 Å². The zero-order valence-corrected chi connectivity index (χ0v) is 27.7. The Morgan fingerprint density at radius 3 is 2.27 bits per heavy atom. The fraction of sp³-hybridized carbons (Fsp3) is 0.514. The van der Waals surface area contributed by atoms with Gasteiger partial charge in [-0.25, -0.2) is 14.7 Å². The van der Waals surface area contributed by atoms with Crippen LogP contribution < -0.4 is 4.74 Å². The zero-order chi connectivity index (χ0) is 32.7. The third-order valence-electron chi connectivity index (χ3n) is 7.53. The molecule has 0 atom stereocenters. The predicted molar refractivity (Wildman–Crippen MR) is 170 cm³/mol. The number of halogens is 1. The Morgan fingerprint density at radius 1 is 1.05 bits per heavy atom. The molecule has 8 nitrogen and oxygen atoms in total. The summed E-state index contributed by atoms with van der Waals surface area (Å²) in [4.78, 5) is 34.4. The second kappa shape index (κ2) is 14.5. The topological polar surface area (TPSA) is 78.7 Å². The van der Waals surface area contributed by atoms with Crippen molar-refractivity contribution in [3.05, 3.63) is 70.0 Å². The van der Waals surface area contributed by atoms with Crippen LogP contribution in [-0.2, 0) is 19.1 Å². The third kappa shape index (κ3) is 8.54. The monoisotopic (exact) mass is 622 g/mol. The Labute approximate surface area is 266 Å². The van der Waals surface area contributed by atoms with Crippen LogP contribution in [0.1, 0.15) is 83.7 Å². The van der Waals surface area contributed by atoms with Crippen LogP contribution in [0.5, 0.6) is 5.75 Å². The van der Waals surface area contributed by atoms with Gasteiger partial charge in [0.05, 0.1) is 24.7 Å². The quantitative estimate of drug-likeness (QED) is 0.0842. The van der Waals surface area contributed by atoms with E-state index in [4.69, 9.17) is 37.2 Å². The van der Waals surface area contributed by atoms with Crippen LogP contribution in [0.15, 0.2) is 42.5 Å². The van der Waals surface area contributed by atoms with Crippen LogP contribution in [0, 0.1) is 29.2 Å². The molecule has 44 heavy (non-hydrogen) atoms. The van der Waals surface area contributed by atoms with Crippen LogP contribution in [0.3, 0.4) is 0 Å². The van der Waals surface area contributed by atoms with E-state index >= 15 is 0 Å². The first-order chi connectivity index (χ1) is 20.6. The van der Waals surface area contributed by atoms with Gasteiger partial charge in [-0.3, -0.25) is 9.63 Å². The summed E-state index contributed by atoms with van der Waals surface area (Å²) in [7, 11) is 1.50. The number of unbranched alkanes of at least 4 members (excludes halogenated alkanes) is 2. The Morgan fingerprint density at radius 2 is 1.70 bits per heavy atom. The highest BCUT2D eigenvalue weighted by molar-refractivity contribution is 6.33. The minimum Gasteiger partial charge on any atom is -0.489 e. The number of nitrogens with zero attached hydrogens (tertiary/aromatic N) is 2. The fourth-order valence-electron chi connectivity index (χ4n) is 6.04. The summed E-state index contributed by atoms with van der Waals surface area (Å²) in [5, 5.41) is 1.79. The van der Waals surface area contributed by atoms with Crippen LogP contribution >= 0.6 is 11.6 Å². The first-order valence-electron chi connectivity index (χ1n) is 14.7. The molecule has 0 N–H and O–H groups in total. The summed E-state index contributed by atoms with van der Waals surface area (Å²) in [6.07, 6.45) is 2.09. The minimum absolute atomic E-state index is 0.0483. The largest absolute Gasteiger partial charge is 0.489 e. The number of rotatable bonds is 11. The van der Waals surface area contributed by atoms with Gasteiger partial charge in [-0.15, -0.1) is 0 Å². The van der Waals surface area contributed by atoms with Gasteiger partial charge in [-0.05, 0) is 70.0 Å².